The maximum atomic E-state index is 2.44. The molecular weight excluding hydrogens is 470 g/mol. The van der Waals surface area contributed by atoms with Crippen LogP contribution in [0.3, 0.4) is 0 Å². The molecule has 0 atom stereocenters. The molecular formula is C38H37N. The molecule has 5 aromatic rings. The lowest BCUT2D eigenvalue weighted by Gasteiger charge is -2.47. The third-order valence-electron chi connectivity index (χ3n) is 7.94. The quantitative estimate of drug-likeness (QED) is 0.229. The number of hydrogen-bond donors (Lipinski definition) is 0. The highest BCUT2D eigenvalue weighted by Crippen LogP contribution is 2.58. The number of hydrogen-bond acceptors (Lipinski definition) is 1. The molecule has 0 saturated carbocycles. The zero-order valence-electron chi connectivity index (χ0n) is 23.7. The van der Waals surface area contributed by atoms with Crippen molar-refractivity contribution in [2.24, 2.45) is 5.41 Å². The van der Waals surface area contributed by atoms with Crippen molar-refractivity contribution >= 4 is 17.1 Å². The van der Waals surface area contributed by atoms with Gasteiger partial charge in [-0.1, -0.05) is 129 Å². The van der Waals surface area contributed by atoms with Crippen LogP contribution in [-0.4, -0.2) is 0 Å². The highest BCUT2D eigenvalue weighted by molar-refractivity contribution is 5.89. The van der Waals surface area contributed by atoms with Crippen molar-refractivity contribution < 1.29 is 0 Å². The molecule has 5 aromatic carbocycles. The fraction of sp³-hybridized carbons (Fsp3) is 0.211. The lowest BCUT2D eigenvalue weighted by molar-refractivity contribution is 0.411. The SMILES string of the molecule is Cc1ccc2c(c1)C(c1ccccc1)(c1ccc(CC(C)(C)C)cc1)c1cc(C)ccc1N2c1ccccc1. The van der Waals surface area contributed by atoms with E-state index in [1.165, 1.54) is 56.0 Å². The monoisotopic (exact) mass is 507 g/mol. The van der Waals surface area contributed by atoms with Gasteiger partial charge in [0.15, 0.2) is 0 Å². The van der Waals surface area contributed by atoms with Crippen molar-refractivity contribution in [1.29, 1.82) is 0 Å². The molecule has 1 aliphatic heterocycles. The van der Waals surface area contributed by atoms with E-state index in [9.17, 15) is 0 Å². The molecule has 1 nitrogen and oxygen atoms in total. The van der Waals surface area contributed by atoms with Crippen LogP contribution in [0, 0.1) is 19.3 Å². The van der Waals surface area contributed by atoms with Gasteiger partial charge in [0.25, 0.3) is 0 Å². The Hall–Kier alpha value is -4.10. The summed E-state index contributed by atoms with van der Waals surface area (Å²) in [5.74, 6) is 0. The van der Waals surface area contributed by atoms with Crippen LogP contribution < -0.4 is 4.90 Å². The average molecular weight is 508 g/mol. The largest absolute Gasteiger partial charge is 0.310 e. The van der Waals surface area contributed by atoms with Crippen LogP contribution >= 0.6 is 0 Å². The van der Waals surface area contributed by atoms with Crippen LogP contribution in [0.25, 0.3) is 0 Å². The summed E-state index contributed by atoms with van der Waals surface area (Å²) in [6.07, 6.45) is 1.05. The zero-order chi connectivity index (χ0) is 27.2. The molecule has 0 bridgehead atoms. The third-order valence-corrected chi connectivity index (χ3v) is 7.94. The minimum atomic E-state index is -0.449. The van der Waals surface area contributed by atoms with Gasteiger partial charge in [0, 0.05) is 5.69 Å². The third kappa shape index (κ3) is 4.36. The van der Waals surface area contributed by atoms with Crippen molar-refractivity contribution in [3.05, 3.63) is 160 Å². The van der Waals surface area contributed by atoms with Crippen LogP contribution in [0.4, 0.5) is 17.1 Å². The van der Waals surface area contributed by atoms with Gasteiger partial charge in [-0.15, -0.1) is 0 Å². The number of nitrogens with zero attached hydrogens (tertiary/aromatic N) is 1. The standard InChI is InChI=1S/C38H37N/c1-27-16-22-35-33(24-27)38(30-12-8-6-9-13-30,31-20-18-29(19-21-31)26-37(3,4)5)34-25-28(2)17-23-36(34)39(35)32-14-10-7-11-15-32/h6-25H,26H2,1-5H3. The Morgan fingerprint density at radius 2 is 1.05 bits per heavy atom. The molecule has 0 saturated heterocycles. The molecule has 194 valence electrons. The van der Waals surface area contributed by atoms with Gasteiger partial charge in [0.05, 0.1) is 16.8 Å². The highest BCUT2D eigenvalue weighted by Gasteiger charge is 2.46. The zero-order valence-corrected chi connectivity index (χ0v) is 23.7. The molecule has 1 aliphatic rings. The van der Waals surface area contributed by atoms with Gasteiger partial charge in [-0.05, 0) is 77.8 Å². The van der Waals surface area contributed by atoms with Crippen molar-refractivity contribution in [1.82, 2.24) is 0 Å². The summed E-state index contributed by atoms with van der Waals surface area (Å²) in [4.78, 5) is 2.44. The summed E-state index contributed by atoms with van der Waals surface area (Å²) < 4.78 is 0. The van der Waals surface area contributed by atoms with Crippen molar-refractivity contribution in [3.63, 3.8) is 0 Å². The Morgan fingerprint density at radius 3 is 1.56 bits per heavy atom. The first-order valence-electron chi connectivity index (χ1n) is 14.0. The first kappa shape index (κ1) is 25.2. The van der Waals surface area contributed by atoms with E-state index in [-0.39, 0.29) is 5.41 Å². The van der Waals surface area contributed by atoms with Crippen LogP contribution in [-0.2, 0) is 11.8 Å². The Labute approximate surface area is 233 Å². The second kappa shape index (κ2) is 9.58. The summed E-state index contributed by atoms with van der Waals surface area (Å²) in [6.45, 7) is 11.3. The smallest absolute Gasteiger partial charge is 0.0742 e. The van der Waals surface area contributed by atoms with Crippen molar-refractivity contribution in [3.8, 4) is 0 Å². The molecule has 39 heavy (non-hydrogen) atoms. The van der Waals surface area contributed by atoms with E-state index >= 15 is 0 Å². The molecule has 0 aromatic heterocycles. The summed E-state index contributed by atoms with van der Waals surface area (Å²) in [7, 11) is 0. The second-order valence-corrected chi connectivity index (χ2v) is 12.3. The number of fused-ring (bicyclic) bond motifs is 2. The molecule has 0 spiro atoms. The number of anilines is 3. The first-order valence-corrected chi connectivity index (χ1v) is 14.0. The minimum absolute atomic E-state index is 0.243. The molecule has 0 unspecified atom stereocenters. The summed E-state index contributed by atoms with van der Waals surface area (Å²) in [5.41, 5.74) is 12.6. The van der Waals surface area contributed by atoms with E-state index in [0.29, 0.717) is 0 Å². The summed E-state index contributed by atoms with van der Waals surface area (Å²) in [5, 5.41) is 0. The second-order valence-electron chi connectivity index (χ2n) is 12.3. The topological polar surface area (TPSA) is 3.24 Å². The van der Waals surface area contributed by atoms with Crippen molar-refractivity contribution in [2.75, 3.05) is 4.90 Å². The molecule has 0 fully saturated rings. The van der Waals surface area contributed by atoms with Crippen molar-refractivity contribution in [2.45, 2.75) is 46.5 Å². The van der Waals surface area contributed by atoms with E-state index in [0.717, 1.165) is 6.42 Å². The van der Waals surface area contributed by atoms with Gasteiger partial charge in [-0.25, -0.2) is 0 Å². The number of benzene rings is 5. The first-order chi connectivity index (χ1) is 18.8. The lowest BCUT2D eigenvalue weighted by atomic mass is 9.62. The Kier molecular flexibility index (Phi) is 6.19. The van der Waals surface area contributed by atoms with Crippen LogP contribution in [0.15, 0.2) is 121 Å². The predicted molar refractivity (Wildman–Crippen MR) is 166 cm³/mol. The molecule has 0 radical (unpaired) electrons. The molecule has 0 amide bonds. The van der Waals surface area contributed by atoms with E-state index in [2.05, 4.69) is 161 Å². The molecule has 0 N–H and O–H groups in total. The maximum absolute atomic E-state index is 2.44. The van der Waals surface area contributed by atoms with Gasteiger partial charge in [0.2, 0.25) is 0 Å². The maximum Gasteiger partial charge on any atom is 0.0742 e. The van der Waals surface area contributed by atoms with Gasteiger partial charge in [-0.3, -0.25) is 0 Å². The summed E-state index contributed by atoms with van der Waals surface area (Å²) in [6, 6.07) is 45.3. The molecule has 1 heteroatoms. The highest BCUT2D eigenvalue weighted by atomic mass is 15.2. The van der Waals surface area contributed by atoms with Crippen LogP contribution in [0.5, 0.6) is 0 Å². The van der Waals surface area contributed by atoms with Gasteiger partial charge in [0.1, 0.15) is 0 Å². The predicted octanol–water partition coefficient (Wildman–Crippen LogP) is 10.1. The van der Waals surface area contributed by atoms with Gasteiger partial charge >= 0.3 is 0 Å². The molecule has 6 rings (SSSR count). The minimum Gasteiger partial charge on any atom is -0.310 e. The van der Waals surface area contributed by atoms with Crippen LogP contribution in [0.1, 0.15) is 59.7 Å². The fourth-order valence-corrected chi connectivity index (χ4v) is 6.38. The Bertz CT molecular complexity index is 1550. The fourth-order valence-electron chi connectivity index (χ4n) is 6.38. The van der Waals surface area contributed by atoms with Gasteiger partial charge in [-0.2, -0.15) is 0 Å². The molecule has 1 heterocycles. The summed E-state index contributed by atoms with van der Waals surface area (Å²) >= 11 is 0. The van der Waals surface area contributed by atoms with E-state index < -0.39 is 5.41 Å². The lowest BCUT2D eigenvalue weighted by Crippen LogP contribution is -2.38. The van der Waals surface area contributed by atoms with E-state index in [1.54, 1.807) is 0 Å². The van der Waals surface area contributed by atoms with Gasteiger partial charge < -0.3 is 4.90 Å². The normalized spacial score (nSPS) is 14.0. The van der Waals surface area contributed by atoms with E-state index in [1.807, 2.05) is 0 Å². The molecule has 0 aliphatic carbocycles. The Balaban J connectivity index is 1.72. The number of para-hydroxylation sites is 1. The number of rotatable bonds is 4. The number of aryl methyl sites for hydroxylation is 2. The van der Waals surface area contributed by atoms with Crippen LogP contribution in [0.2, 0.25) is 0 Å². The van der Waals surface area contributed by atoms with E-state index in [4.69, 9.17) is 0 Å². The Morgan fingerprint density at radius 1 is 0.564 bits per heavy atom. The average Bonchev–Trinajstić information content (AvgIpc) is 2.92.